The molecule has 0 fully saturated rings. The lowest BCUT2D eigenvalue weighted by Gasteiger charge is -2.13. The van der Waals surface area contributed by atoms with Gasteiger partial charge in [-0.05, 0) is 13.3 Å². The summed E-state index contributed by atoms with van der Waals surface area (Å²) in [5, 5.41) is 14.4. The Balaban J connectivity index is 2.28. The number of nitrogens with zero attached hydrogens (tertiary/aromatic N) is 1. The Morgan fingerprint density at radius 3 is 2.84 bits per heavy atom. The van der Waals surface area contributed by atoms with Crippen LogP contribution in [0, 0.1) is 6.92 Å². The normalized spacial score (nSPS) is 12.1. The van der Waals surface area contributed by atoms with Gasteiger partial charge in [0.1, 0.15) is 6.04 Å². The van der Waals surface area contributed by atoms with Crippen LogP contribution in [-0.4, -0.2) is 33.8 Å². The highest BCUT2D eigenvalue weighted by atomic mass is 32.2. The predicted octanol–water partition coefficient (Wildman–Crippen LogP) is 2.05. The number of carboxylic acids is 1. The van der Waals surface area contributed by atoms with Crippen molar-refractivity contribution in [1.82, 2.24) is 10.3 Å². The molecule has 7 heteroatoms. The second kappa shape index (κ2) is 8.16. The minimum atomic E-state index is -0.977. The fourth-order valence-electron chi connectivity index (χ4n) is 1.50. The minimum Gasteiger partial charge on any atom is -0.480 e. The maximum Gasteiger partial charge on any atom is 0.326 e. The van der Waals surface area contributed by atoms with Crippen LogP contribution >= 0.6 is 23.1 Å². The van der Waals surface area contributed by atoms with E-state index in [-0.39, 0.29) is 11.7 Å². The number of aryl methyl sites for hydroxylation is 1. The van der Waals surface area contributed by atoms with E-state index in [2.05, 4.69) is 10.3 Å². The number of carbonyl (C=O) groups is 2. The lowest BCUT2D eigenvalue weighted by atomic mass is 10.2. The average molecular weight is 302 g/mol. The van der Waals surface area contributed by atoms with Crippen molar-refractivity contribution in [2.75, 3.05) is 5.75 Å². The maximum atomic E-state index is 11.6. The average Bonchev–Trinajstić information content (AvgIpc) is 2.74. The molecule has 19 heavy (non-hydrogen) atoms. The summed E-state index contributed by atoms with van der Waals surface area (Å²) < 4.78 is 0. The number of rotatable bonds is 8. The number of hydrogen-bond acceptors (Lipinski definition) is 5. The summed E-state index contributed by atoms with van der Waals surface area (Å²) in [6.07, 6.45) is 1.18. The standard InChI is InChI=1S/C12H18N2O3S2/c1-3-4-10(12(16)17)14-11(15)7-18-5-9-6-19-8(2)13-9/h6,10H,3-5,7H2,1-2H3,(H,14,15)(H,16,17)/t10-/m0/s1. The molecular weight excluding hydrogens is 284 g/mol. The van der Waals surface area contributed by atoms with Crippen LogP contribution < -0.4 is 5.32 Å². The predicted molar refractivity (Wildman–Crippen MR) is 77.5 cm³/mol. The number of aliphatic carboxylic acids is 1. The zero-order chi connectivity index (χ0) is 14.3. The van der Waals surface area contributed by atoms with E-state index in [0.29, 0.717) is 12.2 Å². The molecule has 0 radical (unpaired) electrons. The molecule has 0 aliphatic heterocycles. The lowest BCUT2D eigenvalue weighted by Crippen LogP contribution is -2.41. The SMILES string of the molecule is CCC[C@H](NC(=O)CSCc1csc(C)n1)C(=O)O. The Morgan fingerprint density at radius 2 is 2.32 bits per heavy atom. The second-order valence-electron chi connectivity index (χ2n) is 4.10. The zero-order valence-corrected chi connectivity index (χ0v) is 12.6. The molecule has 2 N–H and O–H groups in total. The van der Waals surface area contributed by atoms with Crippen LogP contribution in [0.5, 0.6) is 0 Å². The monoisotopic (exact) mass is 302 g/mol. The van der Waals surface area contributed by atoms with Crippen LogP contribution in [0.3, 0.4) is 0 Å². The highest BCUT2D eigenvalue weighted by Crippen LogP contribution is 2.14. The van der Waals surface area contributed by atoms with Gasteiger partial charge in [-0.3, -0.25) is 4.79 Å². The highest BCUT2D eigenvalue weighted by Gasteiger charge is 2.18. The molecule has 1 rings (SSSR count). The molecule has 1 atom stereocenters. The van der Waals surface area contributed by atoms with Crippen molar-refractivity contribution in [2.45, 2.75) is 38.5 Å². The van der Waals surface area contributed by atoms with Gasteiger partial charge in [0, 0.05) is 11.1 Å². The number of nitrogens with one attached hydrogen (secondary N) is 1. The maximum absolute atomic E-state index is 11.6. The largest absolute Gasteiger partial charge is 0.480 e. The van der Waals surface area contributed by atoms with Crippen LogP contribution in [0.15, 0.2) is 5.38 Å². The van der Waals surface area contributed by atoms with Crippen molar-refractivity contribution < 1.29 is 14.7 Å². The van der Waals surface area contributed by atoms with Gasteiger partial charge >= 0.3 is 5.97 Å². The van der Waals surface area contributed by atoms with Crippen LogP contribution in [0.4, 0.5) is 0 Å². The molecule has 0 aliphatic rings. The molecule has 106 valence electrons. The molecule has 1 amide bonds. The van der Waals surface area contributed by atoms with Gasteiger partial charge in [0.2, 0.25) is 5.91 Å². The van der Waals surface area contributed by atoms with Gasteiger partial charge in [0.15, 0.2) is 0 Å². The molecule has 1 aromatic heterocycles. The summed E-state index contributed by atoms with van der Waals surface area (Å²) >= 11 is 3.02. The number of carboxylic acid groups (broad SMARTS) is 1. The molecule has 0 spiro atoms. The van der Waals surface area contributed by atoms with Crippen LogP contribution in [-0.2, 0) is 15.3 Å². The van der Waals surface area contributed by atoms with Gasteiger partial charge in [-0.2, -0.15) is 0 Å². The van der Waals surface area contributed by atoms with Gasteiger partial charge in [0.25, 0.3) is 0 Å². The van der Waals surface area contributed by atoms with Crippen LogP contribution in [0.1, 0.15) is 30.5 Å². The summed E-state index contributed by atoms with van der Waals surface area (Å²) in [5.41, 5.74) is 0.962. The molecule has 0 saturated carbocycles. The fraction of sp³-hybridized carbons (Fsp3) is 0.583. The molecule has 0 aliphatic carbocycles. The quantitative estimate of drug-likeness (QED) is 0.768. The summed E-state index contributed by atoms with van der Waals surface area (Å²) in [6, 6.07) is -0.778. The van der Waals surface area contributed by atoms with E-state index in [1.54, 1.807) is 11.3 Å². The number of aromatic nitrogens is 1. The van der Waals surface area contributed by atoms with Crippen molar-refractivity contribution >= 4 is 35.0 Å². The Hall–Kier alpha value is -1.08. The van der Waals surface area contributed by atoms with E-state index < -0.39 is 12.0 Å². The smallest absolute Gasteiger partial charge is 0.326 e. The first-order valence-electron chi connectivity index (χ1n) is 6.03. The van der Waals surface area contributed by atoms with Gasteiger partial charge in [-0.15, -0.1) is 23.1 Å². The Morgan fingerprint density at radius 1 is 1.58 bits per heavy atom. The van der Waals surface area contributed by atoms with Crippen molar-refractivity contribution in [3.05, 3.63) is 16.1 Å². The van der Waals surface area contributed by atoms with Gasteiger partial charge in [-0.1, -0.05) is 13.3 Å². The molecule has 1 aromatic rings. The first-order chi connectivity index (χ1) is 9.02. The van der Waals surface area contributed by atoms with E-state index in [9.17, 15) is 9.59 Å². The molecule has 0 saturated heterocycles. The van der Waals surface area contributed by atoms with Gasteiger partial charge in [0.05, 0.1) is 16.5 Å². The Bertz CT molecular complexity index is 434. The minimum absolute atomic E-state index is 0.238. The van der Waals surface area contributed by atoms with Crippen molar-refractivity contribution in [2.24, 2.45) is 0 Å². The third kappa shape index (κ3) is 6.07. The summed E-state index contributed by atoms with van der Waals surface area (Å²) in [4.78, 5) is 26.8. The lowest BCUT2D eigenvalue weighted by molar-refractivity contribution is -0.141. The van der Waals surface area contributed by atoms with E-state index >= 15 is 0 Å². The van der Waals surface area contributed by atoms with E-state index in [1.807, 2.05) is 19.2 Å². The van der Waals surface area contributed by atoms with Crippen LogP contribution in [0.25, 0.3) is 0 Å². The first kappa shape index (κ1) is 16.0. The third-order valence-electron chi connectivity index (χ3n) is 2.36. The van der Waals surface area contributed by atoms with E-state index in [1.165, 1.54) is 11.8 Å². The zero-order valence-electron chi connectivity index (χ0n) is 11.0. The second-order valence-corrected chi connectivity index (χ2v) is 6.15. The molecule has 0 bridgehead atoms. The molecule has 0 aromatic carbocycles. The fourth-order valence-corrected chi connectivity index (χ4v) is 2.95. The Labute approximate surface area is 120 Å². The Kier molecular flexibility index (Phi) is 6.86. The number of thioether (sulfide) groups is 1. The molecule has 5 nitrogen and oxygen atoms in total. The highest BCUT2D eigenvalue weighted by molar-refractivity contribution is 7.99. The van der Waals surface area contributed by atoms with Crippen LogP contribution in [0.2, 0.25) is 0 Å². The van der Waals surface area contributed by atoms with Crippen molar-refractivity contribution in [1.29, 1.82) is 0 Å². The summed E-state index contributed by atoms with van der Waals surface area (Å²) in [6.45, 7) is 3.83. The number of thiazole rings is 1. The van der Waals surface area contributed by atoms with Gasteiger partial charge in [-0.25, -0.2) is 9.78 Å². The van der Waals surface area contributed by atoms with Crippen molar-refractivity contribution in [3.63, 3.8) is 0 Å². The summed E-state index contributed by atoms with van der Waals surface area (Å²) in [7, 11) is 0. The first-order valence-corrected chi connectivity index (χ1v) is 8.07. The number of amides is 1. The summed E-state index contributed by atoms with van der Waals surface area (Å²) in [5.74, 6) is -0.291. The van der Waals surface area contributed by atoms with Gasteiger partial charge < -0.3 is 10.4 Å². The van der Waals surface area contributed by atoms with E-state index in [0.717, 1.165) is 17.1 Å². The molecule has 1 heterocycles. The third-order valence-corrected chi connectivity index (χ3v) is 4.15. The van der Waals surface area contributed by atoms with E-state index in [4.69, 9.17) is 5.11 Å². The number of hydrogen-bond donors (Lipinski definition) is 2. The topological polar surface area (TPSA) is 79.3 Å². The number of carbonyl (C=O) groups excluding carboxylic acids is 1. The van der Waals surface area contributed by atoms with Crippen molar-refractivity contribution in [3.8, 4) is 0 Å². The molecule has 0 unspecified atom stereocenters. The molecular formula is C12H18N2O3S2.